The van der Waals surface area contributed by atoms with E-state index in [0.717, 1.165) is 24.0 Å². The number of hydrogen-bond donors (Lipinski definition) is 2. The third-order valence-corrected chi connectivity index (χ3v) is 5.49. The SMILES string of the molecule is C1CCOC1.CCNc1nc(-c2c(Cl)c(OC)cc(OC)c2Cl)cc2cnc(N)cc12. The summed E-state index contributed by atoms with van der Waals surface area (Å²) < 4.78 is 15.6. The van der Waals surface area contributed by atoms with Crippen LogP contribution in [0.3, 0.4) is 0 Å². The Bertz CT molecular complexity index is 1020. The van der Waals surface area contributed by atoms with E-state index in [-0.39, 0.29) is 0 Å². The van der Waals surface area contributed by atoms with Crippen LogP contribution in [0.4, 0.5) is 11.6 Å². The molecule has 4 rings (SSSR count). The van der Waals surface area contributed by atoms with Gasteiger partial charge in [0.1, 0.15) is 23.1 Å². The van der Waals surface area contributed by atoms with Gasteiger partial charge in [0.15, 0.2) is 0 Å². The largest absolute Gasteiger partial charge is 0.495 e. The first-order valence-corrected chi connectivity index (χ1v) is 10.7. The molecule has 0 atom stereocenters. The summed E-state index contributed by atoms with van der Waals surface area (Å²) in [5.74, 6) is 1.99. The number of hydrogen-bond acceptors (Lipinski definition) is 7. The molecule has 0 aliphatic carbocycles. The number of anilines is 2. The molecule has 0 saturated carbocycles. The van der Waals surface area contributed by atoms with E-state index in [1.807, 2.05) is 13.0 Å². The molecule has 0 amide bonds. The second-order valence-electron chi connectivity index (χ2n) is 6.82. The number of methoxy groups -OCH3 is 2. The lowest BCUT2D eigenvalue weighted by atomic mass is 10.1. The van der Waals surface area contributed by atoms with Crippen LogP contribution in [0.5, 0.6) is 11.5 Å². The lowest BCUT2D eigenvalue weighted by molar-refractivity contribution is 0.198. The molecule has 1 fully saturated rings. The van der Waals surface area contributed by atoms with Crippen molar-refractivity contribution in [2.24, 2.45) is 0 Å². The van der Waals surface area contributed by atoms with Crippen LogP contribution in [0.1, 0.15) is 19.8 Å². The normalized spacial score (nSPS) is 12.9. The molecule has 1 saturated heterocycles. The van der Waals surface area contributed by atoms with Crippen molar-refractivity contribution in [3.63, 3.8) is 0 Å². The molecule has 0 unspecified atom stereocenters. The minimum absolute atomic E-state index is 0.357. The van der Waals surface area contributed by atoms with E-state index < -0.39 is 0 Å². The van der Waals surface area contributed by atoms with Gasteiger partial charge in [-0.2, -0.15) is 0 Å². The van der Waals surface area contributed by atoms with E-state index in [1.54, 1.807) is 18.3 Å². The Morgan fingerprint density at radius 3 is 2.23 bits per heavy atom. The molecule has 31 heavy (non-hydrogen) atoms. The Hall–Kier alpha value is -2.48. The standard InChI is InChI=1S/C18H18Cl2N4O2.C4H8O/c1-4-22-18-10-6-14(21)23-8-9(10)5-11(24-18)15-16(19)12(25-2)7-13(26-3)17(15)20;1-2-4-5-3-1/h5-8H,4H2,1-3H3,(H2,21,23)(H,22,24);1-4H2. The zero-order valence-electron chi connectivity index (χ0n) is 17.8. The molecule has 166 valence electrons. The second kappa shape index (κ2) is 10.7. The molecule has 2 aromatic heterocycles. The Morgan fingerprint density at radius 2 is 1.71 bits per heavy atom. The number of pyridine rings is 2. The summed E-state index contributed by atoms with van der Waals surface area (Å²) in [4.78, 5) is 8.86. The minimum Gasteiger partial charge on any atom is -0.495 e. The first kappa shape index (κ1) is 23.2. The Balaban J connectivity index is 0.000000478. The maximum atomic E-state index is 6.52. The fraction of sp³-hybridized carbons (Fsp3) is 0.364. The summed E-state index contributed by atoms with van der Waals surface area (Å²) in [6, 6.07) is 5.27. The number of nitrogens with one attached hydrogen (secondary N) is 1. The Labute approximate surface area is 191 Å². The molecule has 9 heteroatoms. The van der Waals surface area contributed by atoms with Gasteiger partial charge in [-0.05, 0) is 31.9 Å². The lowest BCUT2D eigenvalue weighted by Crippen LogP contribution is -2.03. The number of halogens is 2. The van der Waals surface area contributed by atoms with Crippen molar-refractivity contribution in [2.75, 3.05) is 45.0 Å². The molecule has 1 aliphatic heterocycles. The molecule has 7 nitrogen and oxygen atoms in total. The summed E-state index contributed by atoms with van der Waals surface area (Å²) in [6.45, 7) is 4.68. The predicted octanol–water partition coefficient (Wildman–Crippen LogP) is 5.43. The molecule has 0 radical (unpaired) electrons. The number of aromatic nitrogens is 2. The highest BCUT2D eigenvalue weighted by Crippen LogP contribution is 2.46. The Kier molecular flexibility index (Phi) is 8.01. The van der Waals surface area contributed by atoms with Crippen LogP contribution in [0.25, 0.3) is 22.0 Å². The number of nitrogens with two attached hydrogens (primary N) is 1. The monoisotopic (exact) mass is 464 g/mol. The van der Waals surface area contributed by atoms with E-state index >= 15 is 0 Å². The third kappa shape index (κ3) is 5.23. The van der Waals surface area contributed by atoms with Crippen molar-refractivity contribution < 1.29 is 14.2 Å². The molecular weight excluding hydrogens is 439 g/mol. The summed E-state index contributed by atoms with van der Waals surface area (Å²) in [5.41, 5.74) is 6.93. The van der Waals surface area contributed by atoms with Crippen molar-refractivity contribution in [1.29, 1.82) is 0 Å². The van der Waals surface area contributed by atoms with E-state index in [4.69, 9.17) is 48.1 Å². The van der Waals surface area contributed by atoms with Crippen LogP contribution >= 0.6 is 23.2 Å². The number of ether oxygens (including phenoxy) is 3. The minimum atomic E-state index is 0.357. The molecule has 3 aromatic rings. The molecule has 1 aromatic carbocycles. The predicted molar refractivity (Wildman–Crippen MR) is 127 cm³/mol. The zero-order chi connectivity index (χ0) is 22.4. The third-order valence-electron chi connectivity index (χ3n) is 4.74. The van der Waals surface area contributed by atoms with Crippen molar-refractivity contribution in [3.8, 4) is 22.8 Å². The number of benzene rings is 1. The van der Waals surface area contributed by atoms with Crippen molar-refractivity contribution >= 4 is 45.6 Å². The molecule has 0 bridgehead atoms. The van der Waals surface area contributed by atoms with Crippen LogP contribution in [-0.2, 0) is 4.74 Å². The zero-order valence-corrected chi connectivity index (χ0v) is 19.3. The fourth-order valence-electron chi connectivity index (χ4n) is 3.21. The molecular formula is C22H26Cl2N4O3. The number of rotatable bonds is 5. The first-order valence-electron chi connectivity index (χ1n) is 9.98. The maximum absolute atomic E-state index is 6.52. The fourth-order valence-corrected chi connectivity index (χ4v) is 3.91. The van der Waals surface area contributed by atoms with Crippen LogP contribution in [0, 0.1) is 0 Å². The lowest BCUT2D eigenvalue weighted by Gasteiger charge is -2.16. The van der Waals surface area contributed by atoms with Crippen LogP contribution in [0.2, 0.25) is 10.0 Å². The number of nitrogens with zero attached hydrogens (tertiary/aromatic N) is 2. The molecule has 3 N–H and O–H groups in total. The summed E-state index contributed by atoms with van der Waals surface area (Å²) in [7, 11) is 3.06. The van der Waals surface area contributed by atoms with E-state index in [2.05, 4.69) is 10.3 Å². The van der Waals surface area contributed by atoms with Crippen LogP contribution in [0.15, 0.2) is 24.4 Å². The topological polar surface area (TPSA) is 91.5 Å². The highest BCUT2D eigenvalue weighted by Gasteiger charge is 2.21. The van der Waals surface area contributed by atoms with Gasteiger partial charge in [0.25, 0.3) is 0 Å². The summed E-state index contributed by atoms with van der Waals surface area (Å²) in [5, 5.41) is 5.68. The maximum Gasteiger partial charge on any atom is 0.141 e. The average Bonchev–Trinajstić information content (AvgIpc) is 3.35. The second-order valence-corrected chi connectivity index (χ2v) is 7.58. The summed E-state index contributed by atoms with van der Waals surface area (Å²) in [6.07, 6.45) is 4.25. The molecule has 0 spiro atoms. The van der Waals surface area contributed by atoms with Crippen molar-refractivity contribution in [2.45, 2.75) is 19.8 Å². The van der Waals surface area contributed by atoms with Gasteiger partial charge < -0.3 is 25.3 Å². The van der Waals surface area contributed by atoms with Gasteiger partial charge in [-0.25, -0.2) is 9.97 Å². The van der Waals surface area contributed by atoms with E-state index in [0.29, 0.717) is 51.0 Å². The highest BCUT2D eigenvalue weighted by atomic mass is 35.5. The first-order chi connectivity index (χ1) is 15.0. The van der Waals surface area contributed by atoms with Gasteiger partial charge in [-0.15, -0.1) is 0 Å². The smallest absolute Gasteiger partial charge is 0.141 e. The van der Waals surface area contributed by atoms with Gasteiger partial charge in [0.2, 0.25) is 0 Å². The van der Waals surface area contributed by atoms with Gasteiger partial charge in [0, 0.05) is 48.4 Å². The van der Waals surface area contributed by atoms with E-state index in [9.17, 15) is 0 Å². The summed E-state index contributed by atoms with van der Waals surface area (Å²) >= 11 is 13.0. The van der Waals surface area contributed by atoms with Crippen LogP contribution in [-0.4, -0.2) is 43.9 Å². The Morgan fingerprint density at radius 1 is 1.06 bits per heavy atom. The van der Waals surface area contributed by atoms with Crippen molar-refractivity contribution in [3.05, 3.63) is 34.4 Å². The highest BCUT2D eigenvalue weighted by molar-refractivity contribution is 6.41. The van der Waals surface area contributed by atoms with Gasteiger partial charge in [0.05, 0.1) is 30.0 Å². The van der Waals surface area contributed by atoms with Crippen LogP contribution < -0.4 is 20.5 Å². The van der Waals surface area contributed by atoms with Gasteiger partial charge >= 0.3 is 0 Å². The molecule has 1 aliphatic rings. The van der Waals surface area contributed by atoms with Crippen molar-refractivity contribution in [1.82, 2.24) is 9.97 Å². The number of fused-ring (bicyclic) bond motifs is 1. The molecule has 3 heterocycles. The number of nitrogen functional groups attached to an aromatic ring is 1. The van der Waals surface area contributed by atoms with Gasteiger partial charge in [-0.3, -0.25) is 0 Å². The average molecular weight is 465 g/mol. The van der Waals surface area contributed by atoms with E-state index in [1.165, 1.54) is 27.1 Å². The van der Waals surface area contributed by atoms with Gasteiger partial charge in [-0.1, -0.05) is 23.2 Å². The quantitative estimate of drug-likeness (QED) is 0.519.